The van der Waals surface area contributed by atoms with Crippen molar-refractivity contribution in [2.24, 2.45) is 11.0 Å². The summed E-state index contributed by atoms with van der Waals surface area (Å²) in [6.45, 7) is 1.84. The Morgan fingerprint density at radius 2 is 1.72 bits per heavy atom. The molecule has 29 heavy (non-hydrogen) atoms. The first-order valence-corrected chi connectivity index (χ1v) is 9.97. The van der Waals surface area contributed by atoms with Gasteiger partial charge in [-0.3, -0.25) is 9.59 Å². The van der Waals surface area contributed by atoms with Crippen LogP contribution in [0.1, 0.15) is 54.9 Å². The van der Waals surface area contributed by atoms with Gasteiger partial charge in [-0.2, -0.15) is 5.10 Å². The number of anilines is 1. The number of amides is 2. The summed E-state index contributed by atoms with van der Waals surface area (Å²) in [5.41, 5.74) is 5.43. The lowest BCUT2D eigenvalue weighted by molar-refractivity contribution is -0.125. The van der Waals surface area contributed by atoms with Gasteiger partial charge in [-0.25, -0.2) is 5.43 Å². The van der Waals surface area contributed by atoms with Crippen molar-refractivity contribution < 1.29 is 14.3 Å². The molecule has 152 valence electrons. The van der Waals surface area contributed by atoms with Crippen LogP contribution < -0.4 is 15.5 Å². The van der Waals surface area contributed by atoms with Gasteiger partial charge in [0.15, 0.2) is 0 Å². The van der Waals surface area contributed by atoms with Crippen LogP contribution in [0.15, 0.2) is 53.6 Å². The van der Waals surface area contributed by atoms with Gasteiger partial charge in [-0.15, -0.1) is 0 Å². The van der Waals surface area contributed by atoms with Crippen molar-refractivity contribution in [1.29, 1.82) is 0 Å². The normalized spacial score (nSPS) is 14.9. The standard InChI is InChI=1S/C23H27N3O3/c1-16(25-26-23(28)17-7-4-3-5-8-17)19-9-6-10-20(15-19)24-22(27)18-11-13-21(29-2)14-12-18/h6,9-15,17H,3-5,7-8H2,1-2H3,(H,24,27)(H,26,28)/b25-16+. The molecule has 0 unspecified atom stereocenters. The number of hydrazone groups is 1. The van der Waals surface area contributed by atoms with Crippen LogP contribution in [0.2, 0.25) is 0 Å². The second-order valence-corrected chi connectivity index (χ2v) is 7.27. The first kappa shape index (κ1) is 20.6. The van der Waals surface area contributed by atoms with Crippen LogP contribution in [0.4, 0.5) is 5.69 Å². The molecule has 2 aromatic carbocycles. The fourth-order valence-electron chi connectivity index (χ4n) is 3.43. The number of ether oxygens (including phenoxy) is 1. The van der Waals surface area contributed by atoms with Crippen LogP contribution in [0.3, 0.4) is 0 Å². The molecule has 1 saturated carbocycles. The first-order chi connectivity index (χ1) is 14.1. The van der Waals surface area contributed by atoms with E-state index in [2.05, 4.69) is 15.8 Å². The van der Waals surface area contributed by atoms with Gasteiger partial charge >= 0.3 is 0 Å². The highest BCUT2D eigenvalue weighted by atomic mass is 16.5. The number of carbonyl (C=O) groups excluding carboxylic acids is 2. The number of rotatable bonds is 6. The Balaban J connectivity index is 1.63. The molecule has 2 N–H and O–H groups in total. The topological polar surface area (TPSA) is 79.8 Å². The fourth-order valence-corrected chi connectivity index (χ4v) is 3.43. The van der Waals surface area contributed by atoms with Gasteiger partial charge in [0, 0.05) is 17.2 Å². The maximum Gasteiger partial charge on any atom is 0.255 e. The molecule has 3 rings (SSSR count). The SMILES string of the molecule is COc1ccc(C(=O)Nc2cccc(/C(C)=N/NC(=O)C3CCCCC3)c2)cc1. The highest BCUT2D eigenvalue weighted by Crippen LogP contribution is 2.23. The molecule has 0 saturated heterocycles. The molecule has 0 aliphatic heterocycles. The maximum absolute atomic E-state index is 12.4. The van der Waals surface area contributed by atoms with Gasteiger partial charge in [0.2, 0.25) is 5.91 Å². The molecular weight excluding hydrogens is 366 g/mol. The minimum atomic E-state index is -0.204. The summed E-state index contributed by atoms with van der Waals surface area (Å²) in [6.07, 6.45) is 5.30. The zero-order chi connectivity index (χ0) is 20.6. The van der Waals surface area contributed by atoms with Crippen LogP contribution in [0, 0.1) is 5.92 Å². The maximum atomic E-state index is 12.4. The average molecular weight is 393 g/mol. The molecule has 2 aromatic rings. The monoisotopic (exact) mass is 393 g/mol. The third-order valence-corrected chi connectivity index (χ3v) is 5.20. The molecule has 0 bridgehead atoms. The number of methoxy groups -OCH3 is 1. The van der Waals surface area contributed by atoms with E-state index in [1.54, 1.807) is 31.4 Å². The van der Waals surface area contributed by atoms with Crippen molar-refractivity contribution >= 4 is 23.2 Å². The van der Waals surface area contributed by atoms with Crippen LogP contribution in [0.25, 0.3) is 0 Å². The Morgan fingerprint density at radius 1 is 1.00 bits per heavy atom. The van der Waals surface area contributed by atoms with Crippen LogP contribution in [-0.4, -0.2) is 24.6 Å². The fraction of sp³-hybridized carbons (Fsp3) is 0.348. The van der Waals surface area contributed by atoms with Gasteiger partial charge in [0.25, 0.3) is 5.91 Å². The van der Waals surface area contributed by atoms with E-state index in [0.717, 1.165) is 31.2 Å². The Kier molecular flexibility index (Phi) is 7.00. The van der Waals surface area contributed by atoms with Crippen molar-refractivity contribution in [2.45, 2.75) is 39.0 Å². The minimum Gasteiger partial charge on any atom is -0.497 e. The Labute approximate surface area is 171 Å². The summed E-state index contributed by atoms with van der Waals surface area (Å²) in [7, 11) is 1.59. The van der Waals surface area contributed by atoms with Crippen molar-refractivity contribution in [3.63, 3.8) is 0 Å². The number of carbonyl (C=O) groups is 2. The number of nitrogens with one attached hydrogen (secondary N) is 2. The van der Waals surface area contributed by atoms with Gasteiger partial charge in [-0.05, 0) is 61.7 Å². The first-order valence-electron chi connectivity index (χ1n) is 9.97. The number of nitrogens with zero attached hydrogens (tertiary/aromatic N) is 1. The third-order valence-electron chi connectivity index (χ3n) is 5.20. The molecule has 6 nitrogen and oxygen atoms in total. The highest BCUT2D eigenvalue weighted by molar-refractivity contribution is 6.05. The zero-order valence-electron chi connectivity index (χ0n) is 16.9. The van der Waals surface area contributed by atoms with Gasteiger partial charge < -0.3 is 10.1 Å². The Morgan fingerprint density at radius 3 is 2.41 bits per heavy atom. The van der Waals surface area contributed by atoms with Crippen molar-refractivity contribution in [1.82, 2.24) is 5.43 Å². The number of hydrogen-bond acceptors (Lipinski definition) is 4. The summed E-state index contributed by atoms with van der Waals surface area (Å²) in [4.78, 5) is 24.7. The molecule has 1 aliphatic rings. The lowest BCUT2D eigenvalue weighted by atomic mass is 9.89. The summed E-state index contributed by atoms with van der Waals surface area (Å²) in [5.74, 6) is 0.555. The molecule has 0 heterocycles. The summed E-state index contributed by atoms with van der Waals surface area (Å²) in [5, 5.41) is 7.14. The summed E-state index contributed by atoms with van der Waals surface area (Å²) < 4.78 is 5.11. The lowest BCUT2D eigenvalue weighted by Crippen LogP contribution is -2.29. The molecular formula is C23H27N3O3. The minimum absolute atomic E-state index is 0.00647. The molecule has 1 aliphatic carbocycles. The molecule has 0 spiro atoms. The van der Waals surface area contributed by atoms with E-state index in [9.17, 15) is 9.59 Å². The van der Waals surface area contributed by atoms with E-state index in [-0.39, 0.29) is 17.7 Å². The van der Waals surface area contributed by atoms with Crippen LogP contribution in [0.5, 0.6) is 5.75 Å². The number of hydrogen-bond donors (Lipinski definition) is 2. The molecule has 0 radical (unpaired) electrons. The largest absolute Gasteiger partial charge is 0.497 e. The average Bonchev–Trinajstić information content (AvgIpc) is 2.78. The Hall–Kier alpha value is -3.15. The third kappa shape index (κ3) is 5.67. The summed E-state index contributed by atoms with van der Waals surface area (Å²) >= 11 is 0. The van der Waals surface area contributed by atoms with E-state index >= 15 is 0 Å². The smallest absolute Gasteiger partial charge is 0.255 e. The zero-order valence-corrected chi connectivity index (χ0v) is 16.9. The quantitative estimate of drug-likeness (QED) is 0.565. The molecule has 6 heteroatoms. The van der Waals surface area contributed by atoms with E-state index in [4.69, 9.17) is 4.74 Å². The Bertz CT molecular complexity index is 884. The van der Waals surface area contributed by atoms with E-state index < -0.39 is 0 Å². The second-order valence-electron chi connectivity index (χ2n) is 7.27. The lowest BCUT2D eigenvalue weighted by Gasteiger charge is -2.19. The van der Waals surface area contributed by atoms with E-state index in [1.807, 2.05) is 31.2 Å². The number of benzene rings is 2. The molecule has 0 aromatic heterocycles. The van der Waals surface area contributed by atoms with Crippen molar-refractivity contribution in [2.75, 3.05) is 12.4 Å². The predicted octanol–water partition coefficient (Wildman–Crippen LogP) is 4.37. The highest BCUT2D eigenvalue weighted by Gasteiger charge is 2.20. The van der Waals surface area contributed by atoms with Gasteiger partial charge in [0.1, 0.15) is 5.75 Å². The second kappa shape index (κ2) is 9.87. The van der Waals surface area contributed by atoms with E-state index in [1.165, 1.54) is 6.42 Å². The van der Waals surface area contributed by atoms with Crippen molar-refractivity contribution in [3.8, 4) is 5.75 Å². The van der Waals surface area contributed by atoms with Gasteiger partial charge in [-0.1, -0.05) is 31.4 Å². The van der Waals surface area contributed by atoms with Crippen LogP contribution >= 0.6 is 0 Å². The molecule has 2 amide bonds. The molecule has 0 atom stereocenters. The predicted molar refractivity (Wildman–Crippen MR) is 114 cm³/mol. The summed E-state index contributed by atoms with van der Waals surface area (Å²) in [6, 6.07) is 14.3. The van der Waals surface area contributed by atoms with Crippen molar-refractivity contribution in [3.05, 3.63) is 59.7 Å². The van der Waals surface area contributed by atoms with E-state index in [0.29, 0.717) is 22.7 Å². The molecule has 1 fully saturated rings. The van der Waals surface area contributed by atoms with Gasteiger partial charge in [0.05, 0.1) is 12.8 Å². The van der Waals surface area contributed by atoms with Crippen LogP contribution in [-0.2, 0) is 4.79 Å².